The summed E-state index contributed by atoms with van der Waals surface area (Å²) in [6.45, 7) is 2.16. The van der Waals surface area contributed by atoms with E-state index in [0.29, 0.717) is 16.8 Å². The van der Waals surface area contributed by atoms with Crippen molar-refractivity contribution in [2.75, 3.05) is 17.7 Å². The molecule has 1 atom stereocenters. The first-order valence-corrected chi connectivity index (χ1v) is 7.00. The van der Waals surface area contributed by atoms with Crippen LogP contribution in [0.15, 0.2) is 29.8 Å². The number of thiophene rings is 1. The second kappa shape index (κ2) is 5.59. The molecule has 0 fully saturated rings. The molecule has 0 saturated heterocycles. The lowest BCUT2D eigenvalue weighted by Gasteiger charge is -2.26. The van der Waals surface area contributed by atoms with Gasteiger partial charge in [0, 0.05) is 24.4 Å². The van der Waals surface area contributed by atoms with Crippen molar-refractivity contribution in [1.29, 1.82) is 0 Å². The molecule has 0 bridgehead atoms. The van der Waals surface area contributed by atoms with Crippen LogP contribution in [-0.2, 0) is 6.42 Å². The van der Waals surface area contributed by atoms with Crippen LogP contribution in [0, 0.1) is 0 Å². The zero-order valence-corrected chi connectivity index (χ0v) is 12.0. The lowest BCUT2D eigenvalue weighted by Crippen LogP contribution is -2.31. The SMILES string of the molecule is CC(Cc1cccs1)N(C)c1ncc(N)cc1Cl. The molecule has 0 aliphatic heterocycles. The molecule has 3 nitrogen and oxygen atoms in total. The Balaban J connectivity index is 2.12. The number of pyridine rings is 1. The minimum Gasteiger partial charge on any atom is -0.397 e. The maximum atomic E-state index is 6.17. The minimum atomic E-state index is 0.331. The number of hydrogen-bond acceptors (Lipinski definition) is 4. The zero-order valence-electron chi connectivity index (χ0n) is 10.4. The van der Waals surface area contributed by atoms with Gasteiger partial charge in [-0.05, 0) is 24.4 Å². The summed E-state index contributed by atoms with van der Waals surface area (Å²) in [5, 5.41) is 2.69. The van der Waals surface area contributed by atoms with Crippen molar-refractivity contribution in [1.82, 2.24) is 4.98 Å². The molecule has 0 aromatic carbocycles. The molecular formula is C13H16ClN3S. The van der Waals surface area contributed by atoms with Crippen LogP contribution in [0.5, 0.6) is 0 Å². The Bertz CT molecular complexity index is 513. The highest BCUT2D eigenvalue weighted by Gasteiger charge is 2.15. The summed E-state index contributed by atoms with van der Waals surface area (Å²) in [4.78, 5) is 7.75. The van der Waals surface area contributed by atoms with Crippen LogP contribution in [0.2, 0.25) is 5.02 Å². The molecule has 5 heteroatoms. The molecule has 18 heavy (non-hydrogen) atoms. The first-order chi connectivity index (χ1) is 8.58. The van der Waals surface area contributed by atoms with Crippen LogP contribution in [-0.4, -0.2) is 18.1 Å². The van der Waals surface area contributed by atoms with Crippen molar-refractivity contribution >= 4 is 34.4 Å². The predicted molar refractivity (Wildman–Crippen MR) is 79.5 cm³/mol. The molecule has 2 heterocycles. The van der Waals surface area contributed by atoms with E-state index in [9.17, 15) is 0 Å². The number of nitrogen functional groups attached to an aromatic ring is 1. The number of anilines is 2. The Morgan fingerprint density at radius 1 is 1.56 bits per heavy atom. The molecule has 0 radical (unpaired) electrons. The van der Waals surface area contributed by atoms with E-state index in [2.05, 4.69) is 34.3 Å². The van der Waals surface area contributed by atoms with Crippen molar-refractivity contribution in [3.05, 3.63) is 39.7 Å². The van der Waals surface area contributed by atoms with E-state index in [1.807, 2.05) is 7.05 Å². The molecule has 1 unspecified atom stereocenters. The van der Waals surface area contributed by atoms with Crippen molar-refractivity contribution in [3.8, 4) is 0 Å². The van der Waals surface area contributed by atoms with Gasteiger partial charge in [0.05, 0.1) is 16.9 Å². The number of likely N-dealkylation sites (N-methyl/N-ethyl adjacent to an activating group) is 1. The van der Waals surface area contributed by atoms with Gasteiger partial charge in [0.25, 0.3) is 0 Å². The summed E-state index contributed by atoms with van der Waals surface area (Å²) >= 11 is 7.94. The molecule has 2 rings (SSSR count). The maximum absolute atomic E-state index is 6.17. The Morgan fingerprint density at radius 3 is 2.94 bits per heavy atom. The van der Waals surface area contributed by atoms with Gasteiger partial charge < -0.3 is 10.6 Å². The third-order valence-electron chi connectivity index (χ3n) is 2.91. The van der Waals surface area contributed by atoms with Crippen LogP contribution in [0.4, 0.5) is 11.5 Å². The summed E-state index contributed by atoms with van der Waals surface area (Å²) in [5.41, 5.74) is 6.24. The number of nitrogens with zero attached hydrogens (tertiary/aromatic N) is 2. The lowest BCUT2D eigenvalue weighted by atomic mass is 10.2. The van der Waals surface area contributed by atoms with Crippen LogP contribution < -0.4 is 10.6 Å². The van der Waals surface area contributed by atoms with Gasteiger partial charge in [0.2, 0.25) is 0 Å². The topological polar surface area (TPSA) is 42.2 Å². The molecule has 2 aromatic heterocycles. The van der Waals surface area contributed by atoms with E-state index in [0.717, 1.165) is 12.2 Å². The number of rotatable bonds is 4. The fraction of sp³-hybridized carbons (Fsp3) is 0.308. The first kappa shape index (κ1) is 13.2. The summed E-state index contributed by atoms with van der Waals surface area (Å²) in [5.74, 6) is 0.773. The van der Waals surface area contributed by atoms with Gasteiger partial charge in [0.1, 0.15) is 5.82 Å². The van der Waals surface area contributed by atoms with E-state index >= 15 is 0 Å². The molecule has 0 spiro atoms. The van der Waals surface area contributed by atoms with Crippen LogP contribution in [0.1, 0.15) is 11.8 Å². The summed E-state index contributed by atoms with van der Waals surface area (Å²) < 4.78 is 0. The predicted octanol–water partition coefficient (Wildman–Crippen LogP) is 3.45. The summed E-state index contributed by atoms with van der Waals surface area (Å²) in [6.07, 6.45) is 2.62. The monoisotopic (exact) mass is 281 g/mol. The van der Waals surface area contributed by atoms with Crippen LogP contribution in [0.3, 0.4) is 0 Å². The highest BCUT2D eigenvalue weighted by molar-refractivity contribution is 7.09. The second-order valence-corrected chi connectivity index (χ2v) is 5.76. The molecule has 2 N–H and O–H groups in total. The number of aromatic nitrogens is 1. The molecule has 0 amide bonds. The van der Waals surface area contributed by atoms with Gasteiger partial charge in [-0.15, -0.1) is 11.3 Å². The number of halogens is 1. The van der Waals surface area contributed by atoms with Crippen molar-refractivity contribution in [2.45, 2.75) is 19.4 Å². The van der Waals surface area contributed by atoms with E-state index in [-0.39, 0.29) is 0 Å². The highest BCUT2D eigenvalue weighted by atomic mass is 35.5. The fourth-order valence-corrected chi connectivity index (χ4v) is 2.91. The van der Waals surface area contributed by atoms with Crippen LogP contribution >= 0.6 is 22.9 Å². The second-order valence-electron chi connectivity index (χ2n) is 4.32. The van der Waals surface area contributed by atoms with E-state index in [1.54, 1.807) is 23.6 Å². The van der Waals surface area contributed by atoms with Crippen LogP contribution in [0.25, 0.3) is 0 Å². The van der Waals surface area contributed by atoms with Gasteiger partial charge >= 0.3 is 0 Å². The molecule has 2 aromatic rings. The quantitative estimate of drug-likeness (QED) is 0.933. The van der Waals surface area contributed by atoms with Gasteiger partial charge in [-0.25, -0.2) is 4.98 Å². The van der Waals surface area contributed by atoms with Gasteiger partial charge in [0.15, 0.2) is 0 Å². The molecule has 96 valence electrons. The van der Waals surface area contributed by atoms with E-state index in [1.165, 1.54) is 4.88 Å². The average molecular weight is 282 g/mol. The molecular weight excluding hydrogens is 266 g/mol. The van der Waals surface area contributed by atoms with Gasteiger partial charge in [-0.1, -0.05) is 17.7 Å². The first-order valence-electron chi connectivity index (χ1n) is 5.74. The minimum absolute atomic E-state index is 0.331. The Kier molecular flexibility index (Phi) is 4.09. The molecule has 0 aliphatic carbocycles. The van der Waals surface area contributed by atoms with E-state index in [4.69, 9.17) is 17.3 Å². The molecule has 0 aliphatic rings. The third-order valence-corrected chi connectivity index (χ3v) is 4.09. The number of nitrogens with two attached hydrogens (primary N) is 1. The van der Waals surface area contributed by atoms with Gasteiger partial charge in [-0.2, -0.15) is 0 Å². The van der Waals surface area contributed by atoms with Crippen molar-refractivity contribution < 1.29 is 0 Å². The van der Waals surface area contributed by atoms with Crippen molar-refractivity contribution in [2.24, 2.45) is 0 Å². The Hall–Kier alpha value is -1.26. The normalized spacial score (nSPS) is 12.4. The zero-order chi connectivity index (χ0) is 13.1. The highest BCUT2D eigenvalue weighted by Crippen LogP contribution is 2.26. The fourth-order valence-electron chi connectivity index (χ4n) is 1.77. The van der Waals surface area contributed by atoms with Crippen molar-refractivity contribution in [3.63, 3.8) is 0 Å². The largest absolute Gasteiger partial charge is 0.397 e. The third kappa shape index (κ3) is 2.94. The summed E-state index contributed by atoms with van der Waals surface area (Å²) in [6, 6.07) is 6.28. The average Bonchev–Trinajstić information content (AvgIpc) is 2.81. The standard InChI is InChI=1S/C13H16ClN3S/c1-9(6-11-4-3-5-18-11)17(2)13-12(14)7-10(15)8-16-13/h3-5,7-9H,6,15H2,1-2H3. The maximum Gasteiger partial charge on any atom is 0.147 e. The molecule has 0 saturated carbocycles. The summed E-state index contributed by atoms with van der Waals surface area (Å²) in [7, 11) is 2.00. The Morgan fingerprint density at radius 2 is 2.33 bits per heavy atom. The Labute approximate surface area is 116 Å². The van der Waals surface area contributed by atoms with Gasteiger partial charge in [-0.3, -0.25) is 0 Å². The van der Waals surface area contributed by atoms with E-state index < -0.39 is 0 Å². The smallest absolute Gasteiger partial charge is 0.147 e. The lowest BCUT2D eigenvalue weighted by molar-refractivity contribution is 0.680. The number of hydrogen-bond donors (Lipinski definition) is 1.